The Labute approximate surface area is 133 Å². The Kier molecular flexibility index (Phi) is 3.24. The Bertz CT molecular complexity index is 942. The molecule has 2 aromatic heterocycles. The van der Waals surface area contributed by atoms with E-state index in [4.69, 9.17) is 0 Å². The summed E-state index contributed by atoms with van der Waals surface area (Å²) in [5, 5.41) is 7.57. The second-order valence-electron chi connectivity index (χ2n) is 5.32. The van der Waals surface area contributed by atoms with Gasteiger partial charge in [-0.3, -0.25) is 0 Å². The molecule has 0 bridgehead atoms. The SMILES string of the molecule is Cc1cc(Nc2ccc(-c3ccccc3)cc2)n2ncnc2n1. The Morgan fingerprint density at radius 3 is 2.43 bits per heavy atom. The molecule has 0 spiro atoms. The molecule has 5 heteroatoms. The van der Waals surface area contributed by atoms with Gasteiger partial charge in [0.15, 0.2) is 0 Å². The number of aromatic nitrogens is 4. The highest BCUT2D eigenvalue weighted by molar-refractivity contribution is 5.68. The van der Waals surface area contributed by atoms with Crippen LogP contribution < -0.4 is 5.32 Å². The number of nitrogens with one attached hydrogen (secondary N) is 1. The smallest absolute Gasteiger partial charge is 0.254 e. The van der Waals surface area contributed by atoms with Crippen molar-refractivity contribution in [2.45, 2.75) is 6.92 Å². The lowest BCUT2D eigenvalue weighted by atomic mass is 10.1. The standard InChI is InChI=1S/C18H15N5/c1-13-11-17(23-18(21-13)19-12-20-23)22-16-9-7-15(8-10-16)14-5-3-2-4-6-14/h2-12,22H,1H3. The van der Waals surface area contributed by atoms with Gasteiger partial charge >= 0.3 is 0 Å². The third-order valence-electron chi connectivity index (χ3n) is 3.64. The first kappa shape index (κ1) is 13.5. The van der Waals surface area contributed by atoms with E-state index in [1.54, 1.807) is 4.52 Å². The molecular weight excluding hydrogens is 286 g/mol. The molecule has 0 fully saturated rings. The van der Waals surface area contributed by atoms with Crippen molar-refractivity contribution >= 4 is 17.3 Å². The number of anilines is 2. The Balaban J connectivity index is 1.65. The molecule has 2 heterocycles. The van der Waals surface area contributed by atoms with Gasteiger partial charge in [0, 0.05) is 17.4 Å². The van der Waals surface area contributed by atoms with Crippen molar-refractivity contribution in [1.29, 1.82) is 0 Å². The highest BCUT2D eigenvalue weighted by atomic mass is 15.3. The van der Waals surface area contributed by atoms with Crippen LogP contribution in [-0.2, 0) is 0 Å². The molecule has 0 aliphatic heterocycles. The van der Waals surface area contributed by atoms with E-state index in [9.17, 15) is 0 Å². The molecule has 0 unspecified atom stereocenters. The van der Waals surface area contributed by atoms with Gasteiger partial charge in [0.1, 0.15) is 12.1 Å². The molecule has 4 aromatic rings. The summed E-state index contributed by atoms with van der Waals surface area (Å²) < 4.78 is 1.69. The summed E-state index contributed by atoms with van der Waals surface area (Å²) in [5.74, 6) is 1.44. The van der Waals surface area contributed by atoms with Crippen LogP contribution in [0.4, 0.5) is 11.5 Å². The number of rotatable bonds is 3. The van der Waals surface area contributed by atoms with E-state index >= 15 is 0 Å². The zero-order valence-electron chi connectivity index (χ0n) is 12.6. The summed E-state index contributed by atoms with van der Waals surface area (Å²) in [4.78, 5) is 8.48. The van der Waals surface area contributed by atoms with E-state index < -0.39 is 0 Å². The average Bonchev–Trinajstić information content (AvgIpc) is 3.05. The molecule has 0 amide bonds. The Morgan fingerprint density at radius 2 is 1.65 bits per heavy atom. The summed E-state index contributed by atoms with van der Waals surface area (Å²) in [6, 6.07) is 20.6. The highest BCUT2D eigenvalue weighted by Gasteiger charge is 2.06. The summed E-state index contributed by atoms with van der Waals surface area (Å²) in [6.07, 6.45) is 1.51. The molecule has 4 rings (SSSR count). The molecule has 0 aliphatic rings. The molecule has 23 heavy (non-hydrogen) atoms. The van der Waals surface area contributed by atoms with Gasteiger partial charge in [-0.15, -0.1) is 0 Å². The van der Waals surface area contributed by atoms with E-state index in [2.05, 4.69) is 56.8 Å². The molecule has 5 nitrogen and oxygen atoms in total. The van der Waals surface area contributed by atoms with E-state index in [1.807, 2.05) is 31.2 Å². The molecule has 0 saturated carbocycles. The molecule has 0 saturated heterocycles. The lowest BCUT2D eigenvalue weighted by molar-refractivity contribution is 0.937. The van der Waals surface area contributed by atoms with Crippen LogP contribution in [0.5, 0.6) is 0 Å². The number of hydrogen-bond acceptors (Lipinski definition) is 4. The third-order valence-corrected chi connectivity index (χ3v) is 3.64. The molecular formula is C18H15N5. The summed E-state index contributed by atoms with van der Waals surface area (Å²) in [5.41, 5.74) is 4.28. The minimum absolute atomic E-state index is 0.591. The fraction of sp³-hybridized carbons (Fsp3) is 0.0556. The number of aryl methyl sites for hydroxylation is 1. The van der Waals surface area contributed by atoms with Gasteiger partial charge in [0.25, 0.3) is 5.78 Å². The third kappa shape index (κ3) is 2.64. The number of nitrogens with zero attached hydrogens (tertiary/aromatic N) is 4. The van der Waals surface area contributed by atoms with Crippen molar-refractivity contribution in [3.63, 3.8) is 0 Å². The van der Waals surface area contributed by atoms with Crippen LogP contribution in [0.15, 0.2) is 67.0 Å². The maximum atomic E-state index is 4.34. The minimum Gasteiger partial charge on any atom is -0.340 e. The largest absolute Gasteiger partial charge is 0.340 e. The van der Waals surface area contributed by atoms with Crippen LogP contribution in [-0.4, -0.2) is 19.6 Å². The second-order valence-corrected chi connectivity index (χ2v) is 5.32. The maximum absolute atomic E-state index is 4.34. The van der Waals surface area contributed by atoms with Crippen molar-refractivity contribution in [3.05, 3.63) is 72.7 Å². The number of fused-ring (bicyclic) bond motifs is 1. The highest BCUT2D eigenvalue weighted by Crippen LogP contribution is 2.23. The lowest BCUT2D eigenvalue weighted by Crippen LogP contribution is -2.02. The molecule has 0 aliphatic carbocycles. The molecule has 112 valence electrons. The molecule has 2 aromatic carbocycles. The van der Waals surface area contributed by atoms with Crippen molar-refractivity contribution < 1.29 is 0 Å². The zero-order chi connectivity index (χ0) is 15.6. The monoisotopic (exact) mass is 301 g/mol. The average molecular weight is 301 g/mol. The zero-order valence-corrected chi connectivity index (χ0v) is 12.6. The van der Waals surface area contributed by atoms with Crippen LogP contribution in [0, 0.1) is 6.92 Å². The van der Waals surface area contributed by atoms with Crippen LogP contribution in [0.25, 0.3) is 16.9 Å². The predicted molar refractivity (Wildman–Crippen MR) is 90.7 cm³/mol. The van der Waals surface area contributed by atoms with Gasteiger partial charge in [-0.05, 0) is 30.2 Å². The number of benzene rings is 2. The van der Waals surface area contributed by atoms with Gasteiger partial charge in [-0.25, -0.2) is 4.98 Å². The minimum atomic E-state index is 0.591. The van der Waals surface area contributed by atoms with E-state index in [-0.39, 0.29) is 0 Å². The topological polar surface area (TPSA) is 55.1 Å². The fourth-order valence-electron chi connectivity index (χ4n) is 2.54. The van der Waals surface area contributed by atoms with Gasteiger partial charge in [0.2, 0.25) is 0 Å². The number of hydrogen-bond donors (Lipinski definition) is 1. The van der Waals surface area contributed by atoms with Crippen LogP contribution in [0.2, 0.25) is 0 Å². The van der Waals surface area contributed by atoms with Crippen LogP contribution in [0.3, 0.4) is 0 Å². The van der Waals surface area contributed by atoms with Gasteiger partial charge in [-0.2, -0.15) is 14.6 Å². The predicted octanol–water partition coefficient (Wildman–Crippen LogP) is 3.84. The second kappa shape index (κ2) is 5.53. The van der Waals surface area contributed by atoms with Crippen molar-refractivity contribution in [2.75, 3.05) is 5.32 Å². The Morgan fingerprint density at radius 1 is 0.913 bits per heavy atom. The summed E-state index contributed by atoms with van der Waals surface area (Å²) in [7, 11) is 0. The lowest BCUT2D eigenvalue weighted by Gasteiger charge is -2.09. The van der Waals surface area contributed by atoms with E-state index in [1.165, 1.54) is 17.5 Å². The first-order chi connectivity index (χ1) is 11.3. The van der Waals surface area contributed by atoms with E-state index in [0.29, 0.717) is 5.78 Å². The normalized spacial score (nSPS) is 10.8. The maximum Gasteiger partial charge on any atom is 0.254 e. The van der Waals surface area contributed by atoms with E-state index in [0.717, 1.165) is 17.2 Å². The van der Waals surface area contributed by atoms with Gasteiger partial charge in [-0.1, -0.05) is 42.5 Å². The van der Waals surface area contributed by atoms with Crippen LogP contribution in [0.1, 0.15) is 5.69 Å². The molecule has 0 atom stereocenters. The van der Waals surface area contributed by atoms with Crippen molar-refractivity contribution in [3.8, 4) is 11.1 Å². The van der Waals surface area contributed by atoms with Gasteiger partial charge < -0.3 is 5.32 Å². The fourth-order valence-corrected chi connectivity index (χ4v) is 2.54. The summed E-state index contributed by atoms with van der Waals surface area (Å²) in [6.45, 7) is 1.94. The van der Waals surface area contributed by atoms with Crippen molar-refractivity contribution in [2.24, 2.45) is 0 Å². The molecule has 1 N–H and O–H groups in total. The Hall–Kier alpha value is -3.21. The summed E-state index contributed by atoms with van der Waals surface area (Å²) >= 11 is 0. The van der Waals surface area contributed by atoms with Gasteiger partial charge in [0.05, 0.1) is 0 Å². The van der Waals surface area contributed by atoms with Crippen LogP contribution >= 0.6 is 0 Å². The molecule has 0 radical (unpaired) electrons. The first-order valence-corrected chi connectivity index (χ1v) is 7.39. The quantitative estimate of drug-likeness (QED) is 0.624. The first-order valence-electron chi connectivity index (χ1n) is 7.39. The van der Waals surface area contributed by atoms with Crippen molar-refractivity contribution in [1.82, 2.24) is 19.6 Å².